The molecule has 0 radical (unpaired) electrons. The average Bonchev–Trinajstić information content (AvgIpc) is 2.60. The van der Waals surface area contributed by atoms with E-state index in [1.165, 1.54) is 0 Å². The highest BCUT2D eigenvalue weighted by Crippen LogP contribution is 2.17. The Balaban J connectivity index is 1.95. The van der Waals surface area contributed by atoms with Crippen LogP contribution in [-0.2, 0) is 9.53 Å². The van der Waals surface area contributed by atoms with Crippen LogP contribution >= 0.6 is 0 Å². The minimum atomic E-state index is -0.313. The van der Waals surface area contributed by atoms with E-state index < -0.39 is 0 Å². The van der Waals surface area contributed by atoms with Gasteiger partial charge in [-0.2, -0.15) is 0 Å². The number of likely N-dealkylation sites (tertiary alicyclic amines) is 1. The van der Waals surface area contributed by atoms with Crippen LogP contribution in [0, 0.1) is 0 Å². The van der Waals surface area contributed by atoms with Gasteiger partial charge >= 0.3 is 0 Å². The van der Waals surface area contributed by atoms with Crippen LogP contribution in [-0.4, -0.2) is 55.2 Å². The predicted molar refractivity (Wildman–Crippen MR) is 56.4 cm³/mol. The fourth-order valence-electron chi connectivity index (χ4n) is 2.18. The molecule has 2 saturated heterocycles. The normalized spacial score (nSPS) is 36.9. The second-order valence-electron chi connectivity index (χ2n) is 4.29. The SMILES string of the molecule is CC1C(N)CCN1C(=O)[C@@H]1CNCCO1. The molecule has 5 nitrogen and oxygen atoms in total. The van der Waals surface area contributed by atoms with E-state index >= 15 is 0 Å². The molecule has 3 atom stereocenters. The Morgan fingerprint density at radius 2 is 2.40 bits per heavy atom. The number of amides is 1. The lowest BCUT2D eigenvalue weighted by Crippen LogP contribution is -2.51. The third-order valence-electron chi connectivity index (χ3n) is 3.30. The van der Waals surface area contributed by atoms with Crippen LogP contribution in [0.1, 0.15) is 13.3 Å². The molecule has 2 fully saturated rings. The van der Waals surface area contributed by atoms with Gasteiger partial charge in [-0.05, 0) is 13.3 Å². The first-order chi connectivity index (χ1) is 7.20. The lowest BCUT2D eigenvalue weighted by Gasteiger charge is -2.30. The molecule has 1 amide bonds. The standard InChI is InChI=1S/C10H19N3O2/c1-7-8(11)2-4-13(7)10(14)9-6-12-3-5-15-9/h7-9,12H,2-6,11H2,1H3/t7?,8?,9-/m0/s1. The molecule has 0 aromatic carbocycles. The smallest absolute Gasteiger partial charge is 0.253 e. The summed E-state index contributed by atoms with van der Waals surface area (Å²) in [5.41, 5.74) is 5.89. The molecule has 0 spiro atoms. The van der Waals surface area contributed by atoms with Crippen molar-refractivity contribution in [2.24, 2.45) is 5.73 Å². The van der Waals surface area contributed by atoms with E-state index in [0.29, 0.717) is 13.2 Å². The van der Waals surface area contributed by atoms with Gasteiger partial charge in [0, 0.05) is 31.7 Å². The second kappa shape index (κ2) is 4.47. The molecular formula is C10H19N3O2. The first-order valence-corrected chi connectivity index (χ1v) is 5.58. The number of hydrogen-bond acceptors (Lipinski definition) is 4. The van der Waals surface area contributed by atoms with Gasteiger partial charge < -0.3 is 20.7 Å². The molecule has 86 valence electrons. The molecule has 2 aliphatic heterocycles. The van der Waals surface area contributed by atoms with Crippen LogP contribution in [0.15, 0.2) is 0 Å². The number of nitrogens with zero attached hydrogens (tertiary/aromatic N) is 1. The van der Waals surface area contributed by atoms with E-state index in [1.807, 2.05) is 11.8 Å². The number of carbonyl (C=O) groups is 1. The topological polar surface area (TPSA) is 67.6 Å². The summed E-state index contributed by atoms with van der Waals surface area (Å²) >= 11 is 0. The minimum Gasteiger partial charge on any atom is -0.366 e. The zero-order valence-corrected chi connectivity index (χ0v) is 9.11. The molecular weight excluding hydrogens is 194 g/mol. The number of nitrogens with two attached hydrogens (primary N) is 1. The Morgan fingerprint density at radius 3 is 2.93 bits per heavy atom. The molecule has 3 N–H and O–H groups in total. The van der Waals surface area contributed by atoms with Gasteiger partial charge in [-0.3, -0.25) is 4.79 Å². The van der Waals surface area contributed by atoms with Crippen molar-refractivity contribution >= 4 is 5.91 Å². The zero-order valence-electron chi connectivity index (χ0n) is 9.11. The van der Waals surface area contributed by atoms with Crippen molar-refractivity contribution in [3.8, 4) is 0 Å². The largest absolute Gasteiger partial charge is 0.366 e. The molecule has 0 aromatic rings. The summed E-state index contributed by atoms with van der Waals surface area (Å²) in [6.45, 7) is 4.84. The van der Waals surface area contributed by atoms with Gasteiger partial charge in [0.1, 0.15) is 6.10 Å². The highest BCUT2D eigenvalue weighted by molar-refractivity contribution is 5.82. The van der Waals surface area contributed by atoms with Gasteiger partial charge in [0.2, 0.25) is 0 Å². The zero-order chi connectivity index (χ0) is 10.8. The van der Waals surface area contributed by atoms with Crippen LogP contribution < -0.4 is 11.1 Å². The molecule has 2 rings (SSSR count). The number of carbonyl (C=O) groups excluding carboxylic acids is 1. The molecule has 5 heteroatoms. The molecule has 0 aromatic heterocycles. The van der Waals surface area contributed by atoms with Crippen molar-refractivity contribution in [3.05, 3.63) is 0 Å². The molecule has 2 aliphatic rings. The van der Waals surface area contributed by atoms with Crippen LogP contribution in [0.2, 0.25) is 0 Å². The van der Waals surface area contributed by atoms with E-state index in [9.17, 15) is 4.79 Å². The monoisotopic (exact) mass is 213 g/mol. The van der Waals surface area contributed by atoms with Gasteiger partial charge in [0.15, 0.2) is 0 Å². The van der Waals surface area contributed by atoms with E-state index in [1.54, 1.807) is 0 Å². The van der Waals surface area contributed by atoms with Crippen LogP contribution in [0.25, 0.3) is 0 Å². The summed E-state index contributed by atoms with van der Waals surface area (Å²) < 4.78 is 5.44. The molecule has 2 heterocycles. The lowest BCUT2D eigenvalue weighted by atomic mass is 10.1. The van der Waals surface area contributed by atoms with Crippen molar-refractivity contribution in [1.82, 2.24) is 10.2 Å². The van der Waals surface area contributed by atoms with Gasteiger partial charge in [-0.15, -0.1) is 0 Å². The van der Waals surface area contributed by atoms with E-state index in [0.717, 1.165) is 19.5 Å². The van der Waals surface area contributed by atoms with Crippen molar-refractivity contribution in [2.75, 3.05) is 26.2 Å². The summed E-state index contributed by atoms with van der Waals surface area (Å²) in [6, 6.07) is 0.258. The maximum Gasteiger partial charge on any atom is 0.253 e. The van der Waals surface area contributed by atoms with Crippen molar-refractivity contribution in [1.29, 1.82) is 0 Å². The Hall–Kier alpha value is -0.650. The quantitative estimate of drug-likeness (QED) is 0.581. The first-order valence-electron chi connectivity index (χ1n) is 5.58. The fourth-order valence-corrected chi connectivity index (χ4v) is 2.18. The number of rotatable bonds is 1. The van der Waals surface area contributed by atoms with Gasteiger partial charge in [-0.25, -0.2) is 0 Å². The third kappa shape index (κ3) is 2.14. The van der Waals surface area contributed by atoms with Gasteiger partial charge in [-0.1, -0.05) is 0 Å². The summed E-state index contributed by atoms with van der Waals surface area (Å²) in [5.74, 6) is 0.0858. The maximum atomic E-state index is 12.1. The van der Waals surface area contributed by atoms with Gasteiger partial charge in [0.05, 0.1) is 6.61 Å². The van der Waals surface area contributed by atoms with Gasteiger partial charge in [0.25, 0.3) is 5.91 Å². The fraction of sp³-hybridized carbons (Fsp3) is 0.900. The highest BCUT2D eigenvalue weighted by Gasteiger charge is 2.35. The predicted octanol–water partition coefficient (Wildman–Crippen LogP) is -1.08. The summed E-state index contributed by atoms with van der Waals surface area (Å²) in [4.78, 5) is 13.9. The van der Waals surface area contributed by atoms with Crippen LogP contribution in [0.5, 0.6) is 0 Å². The molecule has 2 unspecified atom stereocenters. The first kappa shape index (κ1) is 10.9. The molecule has 0 aliphatic carbocycles. The van der Waals surface area contributed by atoms with Crippen molar-refractivity contribution < 1.29 is 9.53 Å². The van der Waals surface area contributed by atoms with Crippen LogP contribution in [0.3, 0.4) is 0 Å². The average molecular weight is 213 g/mol. The van der Waals surface area contributed by atoms with E-state index in [4.69, 9.17) is 10.5 Å². The minimum absolute atomic E-state index is 0.0858. The summed E-state index contributed by atoms with van der Waals surface area (Å²) in [7, 11) is 0. The Labute approximate surface area is 89.9 Å². The summed E-state index contributed by atoms with van der Waals surface area (Å²) in [6.07, 6.45) is 0.582. The number of nitrogens with one attached hydrogen (secondary N) is 1. The number of morpholine rings is 1. The highest BCUT2D eigenvalue weighted by atomic mass is 16.5. The Bertz CT molecular complexity index is 241. The van der Waals surface area contributed by atoms with E-state index in [2.05, 4.69) is 5.32 Å². The third-order valence-corrected chi connectivity index (χ3v) is 3.30. The molecule has 0 bridgehead atoms. The Morgan fingerprint density at radius 1 is 1.60 bits per heavy atom. The van der Waals surface area contributed by atoms with Crippen molar-refractivity contribution in [2.45, 2.75) is 31.5 Å². The Kier molecular flexibility index (Phi) is 3.23. The van der Waals surface area contributed by atoms with E-state index in [-0.39, 0.29) is 24.1 Å². The lowest BCUT2D eigenvalue weighted by molar-refractivity contribution is -0.145. The second-order valence-corrected chi connectivity index (χ2v) is 4.29. The summed E-state index contributed by atoms with van der Waals surface area (Å²) in [5, 5.41) is 3.16. The number of ether oxygens (including phenoxy) is 1. The molecule has 0 saturated carbocycles. The number of hydrogen-bond donors (Lipinski definition) is 2. The van der Waals surface area contributed by atoms with Crippen molar-refractivity contribution in [3.63, 3.8) is 0 Å². The maximum absolute atomic E-state index is 12.1. The molecule has 15 heavy (non-hydrogen) atoms. The van der Waals surface area contributed by atoms with Crippen LogP contribution in [0.4, 0.5) is 0 Å².